The average Bonchev–Trinajstić information content (AvgIpc) is 2.34. The molecule has 0 spiro atoms. The highest BCUT2D eigenvalue weighted by Gasteiger charge is 2.24. The van der Waals surface area contributed by atoms with Gasteiger partial charge >= 0.3 is 0 Å². The van der Waals surface area contributed by atoms with Crippen LogP contribution in [0.1, 0.15) is 32.1 Å². The summed E-state index contributed by atoms with van der Waals surface area (Å²) in [6, 6.07) is -0.414. The van der Waals surface area contributed by atoms with Gasteiger partial charge in [0.05, 0.1) is 12.1 Å². The van der Waals surface area contributed by atoms with Crippen LogP contribution in [-0.2, 0) is 4.79 Å². The largest absolute Gasteiger partial charge is 0.393 e. The van der Waals surface area contributed by atoms with Crippen molar-refractivity contribution < 1.29 is 9.90 Å². The zero-order chi connectivity index (χ0) is 12.7. The second-order valence-electron chi connectivity index (χ2n) is 4.75. The van der Waals surface area contributed by atoms with E-state index in [1.165, 1.54) is 0 Å². The molecule has 1 fully saturated rings. The van der Waals surface area contributed by atoms with Gasteiger partial charge in [0, 0.05) is 12.5 Å². The van der Waals surface area contributed by atoms with Crippen molar-refractivity contribution in [1.82, 2.24) is 5.32 Å². The van der Waals surface area contributed by atoms with E-state index in [1.54, 1.807) is 11.8 Å². The van der Waals surface area contributed by atoms with Gasteiger partial charge in [-0.25, -0.2) is 0 Å². The number of nitrogens with one attached hydrogen (secondary N) is 1. The molecule has 2 unspecified atom stereocenters. The van der Waals surface area contributed by atoms with Crippen LogP contribution in [0.2, 0.25) is 0 Å². The van der Waals surface area contributed by atoms with Gasteiger partial charge in [-0.1, -0.05) is 12.8 Å². The lowest BCUT2D eigenvalue weighted by atomic mass is 9.86. The number of aliphatic hydroxyl groups excluding tert-OH is 1. The third kappa shape index (κ3) is 5.27. The van der Waals surface area contributed by atoms with Crippen LogP contribution in [0.4, 0.5) is 0 Å². The molecule has 0 radical (unpaired) electrons. The Morgan fingerprint density at radius 1 is 1.53 bits per heavy atom. The lowest BCUT2D eigenvalue weighted by molar-refractivity contribution is -0.122. The zero-order valence-electron chi connectivity index (χ0n) is 10.5. The summed E-state index contributed by atoms with van der Waals surface area (Å²) in [5.74, 6) is 1.03. The van der Waals surface area contributed by atoms with Crippen LogP contribution in [-0.4, -0.2) is 41.7 Å². The van der Waals surface area contributed by atoms with E-state index >= 15 is 0 Å². The predicted octanol–water partition coefficient (Wildman–Crippen LogP) is 0.734. The van der Waals surface area contributed by atoms with Crippen LogP contribution in [0.3, 0.4) is 0 Å². The molecule has 17 heavy (non-hydrogen) atoms. The molecule has 0 heterocycles. The number of amides is 1. The van der Waals surface area contributed by atoms with Gasteiger partial charge < -0.3 is 16.2 Å². The van der Waals surface area contributed by atoms with Crippen molar-refractivity contribution in [3.05, 3.63) is 0 Å². The second kappa shape index (κ2) is 7.95. The fraction of sp³-hybridized carbons (Fsp3) is 0.917. The molecule has 0 aliphatic heterocycles. The fourth-order valence-corrected chi connectivity index (χ4v) is 2.65. The Hall–Kier alpha value is -0.260. The van der Waals surface area contributed by atoms with Crippen molar-refractivity contribution in [2.45, 2.75) is 44.2 Å². The van der Waals surface area contributed by atoms with Crippen LogP contribution >= 0.6 is 11.8 Å². The molecule has 4 nitrogen and oxygen atoms in total. The van der Waals surface area contributed by atoms with Gasteiger partial charge in [-0.3, -0.25) is 4.79 Å². The number of rotatable bonds is 6. The van der Waals surface area contributed by atoms with E-state index in [-0.39, 0.29) is 17.9 Å². The maximum atomic E-state index is 11.7. The van der Waals surface area contributed by atoms with Crippen LogP contribution in [0, 0.1) is 5.92 Å². The van der Waals surface area contributed by atoms with Gasteiger partial charge in [-0.15, -0.1) is 0 Å². The third-order valence-corrected chi connectivity index (χ3v) is 4.02. The molecule has 0 aromatic carbocycles. The van der Waals surface area contributed by atoms with Crippen molar-refractivity contribution in [3.63, 3.8) is 0 Å². The van der Waals surface area contributed by atoms with Crippen molar-refractivity contribution in [2.75, 3.05) is 18.6 Å². The molecule has 0 saturated heterocycles. The molecule has 100 valence electrons. The number of carbonyl (C=O) groups is 1. The molecule has 0 aromatic heterocycles. The Morgan fingerprint density at radius 2 is 2.24 bits per heavy atom. The monoisotopic (exact) mass is 260 g/mol. The summed E-state index contributed by atoms with van der Waals surface area (Å²) in [7, 11) is 0. The highest BCUT2D eigenvalue weighted by molar-refractivity contribution is 7.98. The Labute approximate surface area is 108 Å². The van der Waals surface area contributed by atoms with E-state index in [0.29, 0.717) is 13.0 Å². The molecule has 1 saturated carbocycles. The summed E-state index contributed by atoms with van der Waals surface area (Å²) in [6.07, 6.45) is 6.56. The summed E-state index contributed by atoms with van der Waals surface area (Å²) in [6.45, 7) is 0.562. The maximum absolute atomic E-state index is 11.7. The van der Waals surface area contributed by atoms with Gasteiger partial charge in [0.15, 0.2) is 0 Å². The molecule has 1 aliphatic rings. The van der Waals surface area contributed by atoms with Crippen molar-refractivity contribution in [3.8, 4) is 0 Å². The van der Waals surface area contributed by atoms with Gasteiger partial charge in [-0.05, 0) is 31.3 Å². The first-order valence-electron chi connectivity index (χ1n) is 6.35. The van der Waals surface area contributed by atoms with E-state index in [1.807, 2.05) is 6.26 Å². The molecular formula is C12H24N2O2S. The maximum Gasteiger partial charge on any atom is 0.236 e. The number of hydrogen-bond donors (Lipinski definition) is 3. The Kier molecular flexibility index (Phi) is 6.92. The van der Waals surface area contributed by atoms with Gasteiger partial charge in [-0.2, -0.15) is 11.8 Å². The van der Waals surface area contributed by atoms with Crippen molar-refractivity contribution in [2.24, 2.45) is 11.7 Å². The van der Waals surface area contributed by atoms with Gasteiger partial charge in [0.2, 0.25) is 5.91 Å². The normalized spacial score (nSPS) is 26.5. The Morgan fingerprint density at radius 3 is 2.88 bits per heavy atom. The van der Waals surface area contributed by atoms with E-state index in [4.69, 9.17) is 5.73 Å². The molecule has 4 N–H and O–H groups in total. The smallest absolute Gasteiger partial charge is 0.236 e. The first-order valence-corrected chi connectivity index (χ1v) is 7.74. The van der Waals surface area contributed by atoms with Crippen molar-refractivity contribution >= 4 is 17.7 Å². The van der Waals surface area contributed by atoms with Crippen LogP contribution in [0.15, 0.2) is 0 Å². The van der Waals surface area contributed by atoms with Gasteiger partial charge in [0.25, 0.3) is 0 Å². The molecule has 5 heteroatoms. The van der Waals surface area contributed by atoms with E-state index < -0.39 is 6.04 Å². The molecule has 1 amide bonds. The summed E-state index contributed by atoms with van der Waals surface area (Å²) in [4.78, 5) is 11.7. The number of hydrogen-bond acceptors (Lipinski definition) is 4. The quantitative estimate of drug-likeness (QED) is 0.658. The fourth-order valence-electron chi connectivity index (χ4n) is 2.16. The summed E-state index contributed by atoms with van der Waals surface area (Å²) in [5, 5.41) is 12.6. The van der Waals surface area contributed by atoms with E-state index in [2.05, 4.69) is 5.32 Å². The standard InChI is InChI=1S/C12H24N2O2S/c1-17-7-6-10(13)12(16)14-8-9-4-2-3-5-11(9)15/h9-11,15H,2-8,13H2,1H3,(H,14,16)/t9?,10-,11?/m0/s1. The molecule has 0 bridgehead atoms. The summed E-state index contributed by atoms with van der Waals surface area (Å²) < 4.78 is 0. The Balaban J connectivity index is 2.22. The molecular weight excluding hydrogens is 236 g/mol. The number of carbonyl (C=O) groups excluding carboxylic acids is 1. The number of nitrogens with two attached hydrogens (primary N) is 1. The number of aliphatic hydroxyl groups is 1. The summed E-state index contributed by atoms with van der Waals surface area (Å²) in [5.41, 5.74) is 5.77. The minimum atomic E-state index is -0.414. The van der Waals surface area contributed by atoms with E-state index in [0.717, 1.165) is 31.4 Å². The molecule has 1 rings (SSSR count). The minimum Gasteiger partial charge on any atom is -0.393 e. The van der Waals surface area contributed by atoms with Gasteiger partial charge in [0.1, 0.15) is 0 Å². The lowest BCUT2D eigenvalue weighted by Gasteiger charge is -2.28. The average molecular weight is 260 g/mol. The zero-order valence-corrected chi connectivity index (χ0v) is 11.3. The second-order valence-corrected chi connectivity index (χ2v) is 5.73. The minimum absolute atomic E-state index is 0.0863. The first-order chi connectivity index (χ1) is 8.15. The van der Waals surface area contributed by atoms with Crippen LogP contribution in [0.25, 0.3) is 0 Å². The van der Waals surface area contributed by atoms with Crippen LogP contribution < -0.4 is 11.1 Å². The molecule has 1 aliphatic carbocycles. The van der Waals surface area contributed by atoms with Crippen LogP contribution in [0.5, 0.6) is 0 Å². The third-order valence-electron chi connectivity index (χ3n) is 3.38. The topological polar surface area (TPSA) is 75.4 Å². The molecule has 0 aromatic rings. The number of thioether (sulfide) groups is 1. The lowest BCUT2D eigenvalue weighted by Crippen LogP contribution is -2.44. The molecule has 3 atom stereocenters. The Bertz CT molecular complexity index is 239. The highest BCUT2D eigenvalue weighted by atomic mass is 32.2. The predicted molar refractivity (Wildman–Crippen MR) is 71.9 cm³/mol. The highest BCUT2D eigenvalue weighted by Crippen LogP contribution is 2.23. The van der Waals surface area contributed by atoms with E-state index in [9.17, 15) is 9.90 Å². The SMILES string of the molecule is CSCC[C@H](N)C(=O)NCC1CCCCC1O. The summed E-state index contributed by atoms with van der Waals surface area (Å²) >= 11 is 1.69. The first kappa shape index (κ1) is 14.8. The van der Waals surface area contributed by atoms with Crippen molar-refractivity contribution in [1.29, 1.82) is 0 Å².